The van der Waals surface area contributed by atoms with Crippen molar-refractivity contribution in [3.8, 4) is 0 Å². The molecule has 0 radical (unpaired) electrons. The van der Waals surface area contributed by atoms with Gasteiger partial charge in [0.15, 0.2) is 0 Å². The molecule has 120 valence electrons. The molecule has 1 nitrogen and oxygen atoms in total. The molecule has 2 heteroatoms. The summed E-state index contributed by atoms with van der Waals surface area (Å²) in [4.78, 5) is 1.66. The predicted octanol–water partition coefficient (Wildman–Crippen LogP) is 5.60. The Hall–Kier alpha value is -0.340. The van der Waals surface area contributed by atoms with Gasteiger partial charge in [0.1, 0.15) is 0 Å². The molecule has 1 aliphatic carbocycles. The Kier molecular flexibility index (Phi) is 5.90. The van der Waals surface area contributed by atoms with Crippen LogP contribution in [0.5, 0.6) is 0 Å². The third-order valence-corrected chi connectivity index (χ3v) is 6.44. The molecule has 1 aromatic heterocycles. The van der Waals surface area contributed by atoms with Crippen LogP contribution in [0.1, 0.15) is 69.7 Å². The van der Waals surface area contributed by atoms with E-state index in [0.29, 0.717) is 5.41 Å². The van der Waals surface area contributed by atoms with Gasteiger partial charge in [-0.15, -0.1) is 11.3 Å². The lowest BCUT2D eigenvalue weighted by molar-refractivity contribution is 0.130. The van der Waals surface area contributed by atoms with Crippen LogP contribution in [0.25, 0.3) is 0 Å². The highest BCUT2D eigenvalue weighted by atomic mass is 32.1. The molecule has 1 saturated carbocycles. The highest BCUT2D eigenvalue weighted by Crippen LogP contribution is 2.48. The molecule has 3 atom stereocenters. The van der Waals surface area contributed by atoms with Crippen molar-refractivity contribution in [2.45, 2.75) is 66.2 Å². The second kappa shape index (κ2) is 7.28. The Morgan fingerprint density at radius 2 is 2.05 bits per heavy atom. The zero-order valence-electron chi connectivity index (χ0n) is 14.5. The van der Waals surface area contributed by atoms with Crippen LogP contribution in [0.4, 0.5) is 0 Å². The van der Waals surface area contributed by atoms with Crippen molar-refractivity contribution in [1.29, 1.82) is 0 Å². The van der Waals surface area contributed by atoms with E-state index in [4.69, 9.17) is 0 Å². The lowest BCUT2D eigenvalue weighted by Crippen LogP contribution is -2.35. The Balaban J connectivity index is 2.12. The molecule has 2 rings (SSSR count). The average Bonchev–Trinajstić information content (AvgIpc) is 2.84. The van der Waals surface area contributed by atoms with E-state index in [1.807, 2.05) is 11.3 Å². The molecular formula is C19H33NS. The molecule has 0 aliphatic heterocycles. The third kappa shape index (κ3) is 4.32. The Morgan fingerprint density at radius 3 is 2.62 bits per heavy atom. The number of hydrogen-bond acceptors (Lipinski definition) is 2. The molecule has 0 bridgehead atoms. The Labute approximate surface area is 135 Å². The molecule has 0 aromatic carbocycles. The first-order valence-electron chi connectivity index (χ1n) is 8.68. The van der Waals surface area contributed by atoms with Crippen molar-refractivity contribution >= 4 is 11.3 Å². The van der Waals surface area contributed by atoms with Gasteiger partial charge >= 0.3 is 0 Å². The third-order valence-electron chi connectivity index (χ3n) is 5.29. The van der Waals surface area contributed by atoms with E-state index in [9.17, 15) is 0 Å². The lowest BCUT2D eigenvalue weighted by atomic mass is 9.65. The van der Waals surface area contributed by atoms with Gasteiger partial charge in [-0.05, 0) is 85.9 Å². The molecule has 1 N–H and O–H groups in total. The summed E-state index contributed by atoms with van der Waals surface area (Å²) < 4.78 is 0. The first-order chi connectivity index (χ1) is 9.93. The van der Waals surface area contributed by atoms with Gasteiger partial charge in [-0.1, -0.05) is 27.7 Å². The molecular weight excluding hydrogens is 274 g/mol. The summed E-state index contributed by atoms with van der Waals surface area (Å²) in [6.45, 7) is 14.2. The summed E-state index contributed by atoms with van der Waals surface area (Å²) in [6, 6.07) is 2.30. The molecule has 21 heavy (non-hydrogen) atoms. The van der Waals surface area contributed by atoms with Crippen LogP contribution in [0.2, 0.25) is 0 Å². The van der Waals surface area contributed by atoms with Crippen molar-refractivity contribution < 1.29 is 0 Å². The maximum atomic E-state index is 3.67. The van der Waals surface area contributed by atoms with Crippen molar-refractivity contribution in [2.24, 2.45) is 17.3 Å². The van der Waals surface area contributed by atoms with Crippen LogP contribution in [0, 0.1) is 24.2 Å². The van der Waals surface area contributed by atoms with Gasteiger partial charge in [-0.25, -0.2) is 0 Å². The predicted molar refractivity (Wildman–Crippen MR) is 95.2 cm³/mol. The van der Waals surface area contributed by atoms with E-state index in [1.165, 1.54) is 37.8 Å². The molecule has 0 spiro atoms. The fourth-order valence-corrected chi connectivity index (χ4v) is 4.95. The standard InChI is InChI=1S/C19H33NS/c1-6-10-20-13-15-7-8-16(19(3,4)5)12-17(15)18-14(2)9-11-21-18/h9,11,15-17,20H,6-8,10,12-13H2,1-5H3. The number of thiophene rings is 1. The fourth-order valence-electron chi connectivity index (χ4n) is 3.81. The summed E-state index contributed by atoms with van der Waals surface area (Å²) in [7, 11) is 0. The maximum Gasteiger partial charge on any atom is 0.0109 e. The maximum absolute atomic E-state index is 3.67. The second-order valence-electron chi connectivity index (χ2n) is 7.91. The van der Waals surface area contributed by atoms with Gasteiger partial charge in [0.2, 0.25) is 0 Å². The molecule has 0 saturated heterocycles. The van der Waals surface area contributed by atoms with Crippen molar-refractivity contribution in [3.63, 3.8) is 0 Å². The monoisotopic (exact) mass is 307 g/mol. The SMILES string of the molecule is CCCNCC1CCC(C(C)(C)C)CC1c1sccc1C. The quantitative estimate of drug-likeness (QED) is 0.698. The number of aryl methyl sites for hydroxylation is 1. The van der Waals surface area contributed by atoms with Crippen LogP contribution >= 0.6 is 11.3 Å². The summed E-state index contributed by atoms with van der Waals surface area (Å²) in [5.74, 6) is 2.46. The van der Waals surface area contributed by atoms with Crippen molar-refractivity contribution in [2.75, 3.05) is 13.1 Å². The van der Waals surface area contributed by atoms with Gasteiger partial charge in [0.25, 0.3) is 0 Å². The van der Waals surface area contributed by atoms with Crippen LogP contribution < -0.4 is 5.32 Å². The normalized spacial score (nSPS) is 27.0. The highest BCUT2D eigenvalue weighted by molar-refractivity contribution is 7.10. The summed E-state index contributed by atoms with van der Waals surface area (Å²) in [5, 5.41) is 5.95. The average molecular weight is 308 g/mol. The minimum Gasteiger partial charge on any atom is -0.316 e. The zero-order valence-corrected chi connectivity index (χ0v) is 15.4. The van der Waals surface area contributed by atoms with E-state index in [-0.39, 0.29) is 0 Å². The topological polar surface area (TPSA) is 12.0 Å². The lowest BCUT2D eigenvalue weighted by Gasteiger charge is -2.42. The van der Waals surface area contributed by atoms with Gasteiger partial charge in [-0.3, -0.25) is 0 Å². The summed E-state index contributed by atoms with van der Waals surface area (Å²) in [6.07, 6.45) is 5.41. The largest absolute Gasteiger partial charge is 0.316 e. The van der Waals surface area contributed by atoms with Gasteiger partial charge < -0.3 is 5.32 Å². The molecule has 1 fully saturated rings. The Morgan fingerprint density at radius 1 is 1.29 bits per heavy atom. The Bertz CT molecular complexity index is 429. The fraction of sp³-hybridized carbons (Fsp3) is 0.789. The molecule has 0 amide bonds. The minimum atomic E-state index is 0.450. The van der Waals surface area contributed by atoms with Crippen LogP contribution in [-0.2, 0) is 0 Å². The minimum absolute atomic E-state index is 0.450. The van der Waals surface area contributed by atoms with Gasteiger partial charge in [0, 0.05) is 4.88 Å². The zero-order chi connectivity index (χ0) is 15.5. The van der Waals surface area contributed by atoms with E-state index < -0.39 is 0 Å². The number of rotatable bonds is 5. The first kappa shape index (κ1) is 17.0. The first-order valence-corrected chi connectivity index (χ1v) is 9.56. The van der Waals surface area contributed by atoms with Gasteiger partial charge in [0.05, 0.1) is 0 Å². The number of hydrogen-bond donors (Lipinski definition) is 1. The van der Waals surface area contributed by atoms with Crippen molar-refractivity contribution in [1.82, 2.24) is 5.32 Å². The summed E-state index contributed by atoms with van der Waals surface area (Å²) in [5.41, 5.74) is 1.96. The molecule has 3 unspecified atom stereocenters. The van der Waals surface area contributed by atoms with Crippen LogP contribution in [0.3, 0.4) is 0 Å². The highest BCUT2D eigenvalue weighted by Gasteiger charge is 2.37. The smallest absolute Gasteiger partial charge is 0.0109 e. The van der Waals surface area contributed by atoms with Crippen LogP contribution in [-0.4, -0.2) is 13.1 Å². The van der Waals surface area contributed by atoms with Crippen LogP contribution in [0.15, 0.2) is 11.4 Å². The number of nitrogens with one attached hydrogen (secondary N) is 1. The van der Waals surface area contributed by atoms with Gasteiger partial charge in [-0.2, -0.15) is 0 Å². The summed E-state index contributed by atoms with van der Waals surface area (Å²) >= 11 is 1.98. The molecule has 1 aliphatic rings. The molecule has 1 aromatic rings. The van der Waals surface area contributed by atoms with Crippen molar-refractivity contribution in [3.05, 3.63) is 21.9 Å². The van der Waals surface area contributed by atoms with E-state index in [1.54, 1.807) is 4.88 Å². The van der Waals surface area contributed by atoms with E-state index in [2.05, 4.69) is 51.4 Å². The second-order valence-corrected chi connectivity index (χ2v) is 8.86. The van der Waals surface area contributed by atoms with E-state index >= 15 is 0 Å². The molecule has 1 heterocycles. The van der Waals surface area contributed by atoms with E-state index in [0.717, 1.165) is 24.3 Å².